The second kappa shape index (κ2) is 4.35. The van der Waals surface area contributed by atoms with Crippen molar-refractivity contribution in [2.24, 2.45) is 11.8 Å². The molecule has 1 aliphatic rings. The number of nitrogens with one attached hydrogen (secondary N) is 1. The molecular weight excluding hydrogens is 140 g/mol. The van der Waals surface area contributed by atoms with E-state index in [9.17, 15) is 0 Å². The van der Waals surface area contributed by atoms with Crippen LogP contribution in [0.2, 0.25) is 0 Å². The fraction of sp³-hybridized carbons (Fsp3) is 0.750. The molecule has 0 aromatic heterocycles. The molecule has 0 bridgehead atoms. The van der Waals surface area contributed by atoms with Gasteiger partial charge in [-0.25, -0.2) is 5.43 Å². The first-order valence-electron chi connectivity index (χ1n) is 3.88. The molecule has 1 atom stereocenters. The zero-order valence-corrected chi connectivity index (χ0v) is 6.55. The minimum absolute atomic E-state index is 0.0129. The Morgan fingerprint density at radius 1 is 1.55 bits per heavy atom. The van der Waals surface area contributed by atoms with Crippen LogP contribution in [0, 0.1) is 18.3 Å². The van der Waals surface area contributed by atoms with E-state index >= 15 is 0 Å². The highest BCUT2D eigenvalue weighted by Crippen LogP contribution is 2.17. The van der Waals surface area contributed by atoms with E-state index in [2.05, 4.69) is 11.3 Å². The van der Waals surface area contributed by atoms with Crippen LogP contribution in [-0.4, -0.2) is 19.3 Å². The van der Waals surface area contributed by atoms with Crippen LogP contribution in [0.3, 0.4) is 0 Å². The van der Waals surface area contributed by atoms with Crippen molar-refractivity contribution in [1.29, 1.82) is 0 Å². The number of hydrazine groups is 1. The highest BCUT2D eigenvalue weighted by atomic mass is 16.5. The van der Waals surface area contributed by atoms with Crippen molar-refractivity contribution in [3.05, 3.63) is 0 Å². The van der Waals surface area contributed by atoms with Gasteiger partial charge in [-0.2, -0.15) is 0 Å². The molecule has 0 aromatic rings. The molecule has 0 aromatic carbocycles. The van der Waals surface area contributed by atoms with E-state index in [-0.39, 0.29) is 6.04 Å². The molecule has 0 saturated carbocycles. The molecule has 0 aliphatic carbocycles. The number of hydrogen-bond donors (Lipinski definition) is 2. The molecule has 0 radical (unpaired) electrons. The maximum Gasteiger partial charge on any atom is 0.0844 e. The Hall–Kier alpha value is -0.560. The van der Waals surface area contributed by atoms with Gasteiger partial charge in [0.25, 0.3) is 0 Å². The van der Waals surface area contributed by atoms with Crippen LogP contribution in [0.4, 0.5) is 0 Å². The molecule has 11 heavy (non-hydrogen) atoms. The van der Waals surface area contributed by atoms with E-state index in [1.807, 2.05) is 0 Å². The van der Waals surface area contributed by atoms with E-state index in [1.165, 1.54) is 0 Å². The van der Waals surface area contributed by atoms with Crippen molar-refractivity contribution in [3.8, 4) is 12.3 Å². The van der Waals surface area contributed by atoms with Gasteiger partial charge in [0.2, 0.25) is 0 Å². The van der Waals surface area contributed by atoms with Crippen LogP contribution in [0.15, 0.2) is 0 Å². The number of nitrogens with two attached hydrogens (primary N) is 1. The van der Waals surface area contributed by atoms with Crippen molar-refractivity contribution in [2.75, 3.05) is 13.2 Å². The molecule has 1 aliphatic heterocycles. The molecule has 62 valence electrons. The van der Waals surface area contributed by atoms with Crippen LogP contribution in [0.1, 0.15) is 12.8 Å². The van der Waals surface area contributed by atoms with E-state index < -0.39 is 0 Å². The zero-order valence-electron chi connectivity index (χ0n) is 6.55. The molecule has 0 spiro atoms. The predicted molar refractivity (Wildman–Crippen MR) is 43.5 cm³/mol. The highest BCUT2D eigenvalue weighted by molar-refractivity contribution is 5.01. The summed E-state index contributed by atoms with van der Waals surface area (Å²) in [6, 6.07) is 0.0129. The zero-order chi connectivity index (χ0) is 8.10. The SMILES string of the molecule is C#CC(NN)C1CCOCC1. The van der Waals surface area contributed by atoms with Crippen LogP contribution in [0.25, 0.3) is 0 Å². The van der Waals surface area contributed by atoms with Crippen molar-refractivity contribution < 1.29 is 4.74 Å². The van der Waals surface area contributed by atoms with Crippen LogP contribution < -0.4 is 11.3 Å². The molecule has 1 saturated heterocycles. The monoisotopic (exact) mass is 154 g/mol. The van der Waals surface area contributed by atoms with E-state index in [4.69, 9.17) is 17.0 Å². The largest absolute Gasteiger partial charge is 0.381 e. The molecule has 3 heteroatoms. The fourth-order valence-electron chi connectivity index (χ4n) is 1.37. The van der Waals surface area contributed by atoms with Crippen molar-refractivity contribution in [3.63, 3.8) is 0 Å². The third-order valence-corrected chi connectivity index (χ3v) is 2.10. The average Bonchev–Trinajstić information content (AvgIpc) is 2.09. The summed E-state index contributed by atoms with van der Waals surface area (Å²) >= 11 is 0. The van der Waals surface area contributed by atoms with E-state index in [0.717, 1.165) is 26.1 Å². The standard InChI is InChI=1S/C8H14N2O/c1-2-8(10-9)7-3-5-11-6-4-7/h1,7-8,10H,3-6,9H2. The van der Waals surface area contributed by atoms with E-state index in [0.29, 0.717) is 5.92 Å². The van der Waals surface area contributed by atoms with Gasteiger partial charge in [0.05, 0.1) is 6.04 Å². The van der Waals surface area contributed by atoms with Gasteiger partial charge < -0.3 is 4.74 Å². The number of hydrogen-bond acceptors (Lipinski definition) is 3. The lowest BCUT2D eigenvalue weighted by atomic mass is 9.93. The summed E-state index contributed by atoms with van der Waals surface area (Å²) in [4.78, 5) is 0. The Kier molecular flexibility index (Phi) is 3.37. The van der Waals surface area contributed by atoms with Crippen LogP contribution in [-0.2, 0) is 4.74 Å². The lowest BCUT2D eigenvalue weighted by Gasteiger charge is -2.26. The minimum Gasteiger partial charge on any atom is -0.381 e. The highest BCUT2D eigenvalue weighted by Gasteiger charge is 2.20. The summed E-state index contributed by atoms with van der Waals surface area (Å²) in [7, 11) is 0. The summed E-state index contributed by atoms with van der Waals surface area (Å²) in [6.45, 7) is 1.62. The maximum atomic E-state index is 5.28. The molecular formula is C8H14N2O. The summed E-state index contributed by atoms with van der Waals surface area (Å²) in [6.07, 6.45) is 7.31. The van der Waals surface area contributed by atoms with Gasteiger partial charge in [0.1, 0.15) is 0 Å². The molecule has 3 nitrogen and oxygen atoms in total. The lowest BCUT2D eigenvalue weighted by Crippen LogP contribution is -2.41. The van der Waals surface area contributed by atoms with Gasteiger partial charge in [-0.15, -0.1) is 6.42 Å². The first kappa shape index (κ1) is 8.54. The Bertz CT molecular complexity index is 147. The average molecular weight is 154 g/mol. The predicted octanol–water partition coefficient (Wildman–Crippen LogP) is -0.122. The normalized spacial score (nSPS) is 22.5. The van der Waals surface area contributed by atoms with Gasteiger partial charge in [0.15, 0.2) is 0 Å². The Labute approximate surface area is 67.3 Å². The molecule has 0 amide bonds. The number of terminal acetylenes is 1. The minimum atomic E-state index is 0.0129. The molecule has 3 N–H and O–H groups in total. The van der Waals surface area contributed by atoms with Crippen LogP contribution in [0.5, 0.6) is 0 Å². The van der Waals surface area contributed by atoms with Gasteiger partial charge in [0, 0.05) is 13.2 Å². The first-order chi connectivity index (χ1) is 5.38. The summed E-state index contributed by atoms with van der Waals surface area (Å²) < 4.78 is 5.20. The van der Waals surface area contributed by atoms with Gasteiger partial charge >= 0.3 is 0 Å². The number of ether oxygens (including phenoxy) is 1. The second-order valence-electron chi connectivity index (χ2n) is 2.76. The summed E-state index contributed by atoms with van der Waals surface area (Å²) in [5.41, 5.74) is 2.63. The molecule has 1 unspecified atom stereocenters. The van der Waals surface area contributed by atoms with E-state index in [1.54, 1.807) is 0 Å². The van der Waals surface area contributed by atoms with Gasteiger partial charge in [-0.3, -0.25) is 5.84 Å². The van der Waals surface area contributed by atoms with Crippen molar-refractivity contribution >= 4 is 0 Å². The van der Waals surface area contributed by atoms with Gasteiger partial charge in [-0.05, 0) is 18.8 Å². The maximum absolute atomic E-state index is 5.28. The van der Waals surface area contributed by atoms with Gasteiger partial charge in [-0.1, -0.05) is 5.92 Å². The second-order valence-corrected chi connectivity index (χ2v) is 2.76. The first-order valence-corrected chi connectivity index (χ1v) is 3.88. The lowest BCUT2D eigenvalue weighted by molar-refractivity contribution is 0.0602. The summed E-state index contributed by atoms with van der Waals surface area (Å²) in [5, 5.41) is 0. The molecule has 1 heterocycles. The third kappa shape index (κ3) is 2.19. The quantitative estimate of drug-likeness (QED) is 0.331. The Balaban J connectivity index is 2.38. The fourth-order valence-corrected chi connectivity index (χ4v) is 1.37. The molecule has 1 fully saturated rings. The van der Waals surface area contributed by atoms with Crippen molar-refractivity contribution in [2.45, 2.75) is 18.9 Å². The summed E-state index contributed by atoms with van der Waals surface area (Å²) in [5.74, 6) is 8.40. The topological polar surface area (TPSA) is 47.3 Å². The third-order valence-electron chi connectivity index (χ3n) is 2.10. The van der Waals surface area contributed by atoms with Crippen LogP contribution >= 0.6 is 0 Å². The van der Waals surface area contributed by atoms with Crippen molar-refractivity contribution in [1.82, 2.24) is 5.43 Å². The Morgan fingerprint density at radius 3 is 2.64 bits per heavy atom. The Morgan fingerprint density at radius 2 is 2.18 bits per heavy atom. The molecule has 1 rings (SSSR count). The number of rotatable bonds is 2. The smallest absolute Gasteiger partial charge is 0.0844 e.